The van der Waals surface area contributed by atoms with E-state index in [4.69, 9.17) is 11.6 Å². The molecular formula is C18H18BrClN2O2S. The van der Waals surface area contributed by atoms with E-state index in [9.17, 15) is 9.59 Å². The largest absolute Gasteiger partial charge is 0.345 e. The zero-order chi connectivity index (χ0) is 18.4. The van der Waals surface area contributed by atoms with Gasteiger partial charge in [-0.2, -0.15) is 0 Å². The fraction of sp³-hybridized carbons (Fsp3) is 0.222. The van der Waals surface area contributed by atoms with E-state index in [2.05, 4.69) is 21.2 Å². The summed E-state index contributed by atoms with van der Waals surface area (Å²) in [6.07, 6.45) is 0.386. The third-order valence-corrected chi connectivity index (χ3v) is 5.16. The number of rotatable bonds is 6. The minimum Gasteiger partial charge on any atom is -0.345 e. The first-order valence-corrected chi connectivity index (χ1v) is 9.72. The maximum absolute atomic E-state index is 12.0. The second-order valence-corrected chi connectivity index (χ2v) is 7.99. The Kier molecular flexibility index (Phi) is 7.35. The van der Waals surface area contributed by atoms with Crippen LogP contribution in [-0.4, -0.2) is 36.6 Å². The van der Waals surface area contributed by atoms with Crippen LogP contribution in [0.1, 0.15) is 16.8 Å². The highest BCUT2D eigenvalue weighted by molar-refractivity contribution is 9.10. The number of amides is 2. The molecule has 0 aromatic heterocycles. The molecule has 0 aliphatic carbocycles. The van der Waals surface area contributed by atoms with Gasteiger partial charge in [-0.3, -0.25) is 9.59 Å². The molecule has 25 heavy (non-hydrogen) atoms. The molecule has 4 nitrogen and oxygen atoms in total. The van der Waals surface area contributed by atoms with E-state index in [1.165, 1.54) is 4.90 Å². The Morgan fingerprint density at radius 1 is 1.16 bits per heavy atom. The van der Waals surface area contributed by atoms with Gasteiger partial charge in [0, 0.05) is 41.3 Å². The minimum absolute atomic E-state index is 0.0904. The summed E-state index contributed by atoms with van der Waals surface area (Å²) in [6, 6.07) is 12.9. The number of carbonyl (C=O) groups is 2. The highest BCUT2D eigenvalue weighted by Gasteiger charge is 2.13. The number of hydrogen-bond donors (Lipinski definition) is 1. The Labute approximate surface area is 165 Å². The average molecular weight is 442 g/mol. The lowest BCUT2D eigenvalue weighted by atomic mass is 10.2. The average Bonchev–Trinajstić information content (AvgIpc) is 2.56. The fourth-order valence-corrected chi connectivity index (χ4v) is 3.40. The van der Waals surface area contributed by atoms with Crippen molar-refractivity contribution in [3.63, 3.8) is 0 Å². The summed E-state index contributed by atoms with van der Waals surface area (Å²) in [5, 5.41) is 3.12. The van der Waals surface area contributed by atoms with Gasteiger partial charge in [0.25, 0.3) is 5.91 Å². The van der Waals surface area contributed by atoms with E-state index < -0.39 is 0 Å². The van der Waals surface area contributed by atoms with Crippen LogP contribution >= 0.6 is 39.3 Å². The molecule has 0 bridgehead atoms. The number of benzene rings is 2. The Balaban J connectivity index is 1.87. The summed E-state index contributed by atoms with van der Waals surface area (Å²) in [5.41, 5.74) is 0.995. The summed E-state index contributed by atoms with van der Waals surface area (Å²) in [5.74, 6) is 0.416. The van der Waals surface area contributed by atoms with Gasteiger partial charge in [-0.1, -0.05) is 27.5 Å². The topological polar surface area (TPSA) is 49.4 Å². The van der Waals surface area contributed by atoms with Crippen LogP contribution in [0.25, 0.3) is 0 Å². The van der Waals surface area contributed by atoms with Crippen molar-refractivity contribution in [2.24, 2.45) is 0 Å². The zero-order valence-corrected chi connectivity index (χ0v) is 17.0. The van der Waals surface area contributed by atoms with E-state index in [-0.39, 0.29) is 11.8 Å². The van der Waals surface area contributed by atoms with Crippen LogP contribution < -0.4 is 5.32 Å². The van der Waals surface area contributed by atoms with Crippen molar-refractivity contribution in [2.75, 3.05) is 25.2 Å². The van der Waals surface area contributed by atoms with Crippen LogP contribution in [0.2, 0.25) is 5.02 Å². The second kappa shape index (κ2) is 9.27. The van der Waals surface area contributed by atoms with Gasteiger partial charge in [0.1, 0.15) is 0 Å². The number of hydrogen-bond acceptors (Lipinski definition) is 3. The smallest absolute Gasteiger partial charge is 0.254 e. The van der Waals surface area contributed by atoms with Gasteiger partial charge in [0.05, 0.1) is 10.6 Å². The quantitative estimate of drug-likeness (QED) is 0.647. The Morgan fingerprint density at radius 3 is 2.44 bits per heavy atom. The van der Waals surface area contributed by atoms with Crippen molar-refractivity contribution < 1.29 is 9.59 Å². The standard InChI is InChI=1S/C18H18BrClN2O2S/c1-22(2)18(24)15-8-5-13(11-16(15)20)21-17(23)9-10-25-14-6-3-12(19)4-7-14/h3-8,11H,9-10H2,1-2H3,(H,21,23). The van der Waals surface area contributed by atoms with E-state index in [1.807, 2.05) is 24.3 Å². The van der Waals surface area contributed by atoms with Crippen LogP contribution in [0.5, 0.6) is 0 Å². The third-order valence-electron chi connectivity index (χ3n) is 3.30. The molecule has 0 saturated carbocycles. The fourth-order valence-electron chi connectivity index (χ4n) is 2.02. The van der Waals surface area contributed by atoms with Crippen molar-refractivity contribution in [3.8, 4) is 0 Å². The molecule has 2 aromatic carbocycles. The summed E-state index contributed by atoms with van der Waals surface area (Å²) in [7, 11) is 3.33. The van der Waals surface area contributed by atoms with E-state index in [0.717, 1.165) is 9.37 Å². The number of thioether (sulfide) groups is 1. The second-order valence-electron chi connectivity index (χ2n) is 5.49. The summed E-state index contributed by atoms with van der Waals surface area (Å²) in [6.45, 7) is 0. The zero-order valence-electron chi connectivity index (χ0n) is 13.9. The van der Waals surface area contributed by atoms with Crippen molar-refractivity contribution in [1.29, 1.82) is 0 Å². The SMILES string of the molecule is CN(C)C(=O)c1ccc(NC(=O)CCSc2ccc(Br)cc2)cc1Cl. The van der Waals surface area contributed by atoms with Gasteiger partial charge in [0.15, 0.2) is 0 Å². The first-order chi connectivity index (χ1) is 11.9. The lowest BCUT2D eigenvalue weighted by Crippen LogP contribution is -2.22. The lowest BCUT2D eigenvalue weighted by molar-refractivity contribution is -0.115. The van der Waals surface area contributed by atoms with Gasteiger partial charge >= 0.3 is 0 Å². The van der Waals surface area contributed by atoms with E-state index in [1.54, 1.807) is 44.1 Å². The third kappa shape index (κ3) is 6.06. The molecule has 132 valence electrons. The molecule has 2 rings (SSSR count). The lowest BCUT2D eigenvalue weighted by Gasteiger charge is -2.12. The van der Waals surface area contributed by atoms with Crippen molar-refractivity contribution in [3.05, 3.63) is 57.5 Å². The molecule has 0 aliphatic rings. The van der Waals surface area contributed by atoms with Crippen LogP contribution in [0.3, 0.4) is 0 Å². The highest BCUT2D eigenvalue weighted by Crippen LogP contribution is 2.23. The summed E-state index contributed by atoms with van der Waals surface area (Å²) >= 11 is 11.2. The summed E-state index contributed by atoms with van der Waals surface area (Å²) < 4.78 is 1.03. The maximum Gasteiger partial charge on any atom is 0.254 e. The Morgan fingerprint density at radius 2 is 1.84 bits per heavy atom. The number of halogens is 2. The van der Waals surface area contributed by atoms with Gasteiger partial charge in [0.2, 0.25) is 5.91 Å². The van der Waals surface area contributed by atoms with Crippen molar-refractivity contribution in [2.45, 2.75) is 11.3 Å². The van der Waals surface area contributed by atoms with Gasteiger partial charge in [-0.25, -0.2) is 0 Å². The van der Waals surface area contributed by atoms with E-state index >= 15 is 0 Å². The maximum atomic E-state index is 12.0. The molecule has 0 atom stereocenters. The van der Waals surface area contributed by atoms with Crippen LogP contribution in [0.15, 0.2) is 51.8 Å². The van der Waals surface area contributed by atoms with E-state index in [0.29, 0.717) is 28.4 Å². The molecule has 2 amide bonds. The van der Waals surface area contributed by atoms with Crippen LogP contribution in [0.4, 0.5) is 5.69 Å². The first kappa shape index (κ1) is 19.8. The van der Waals surface area contributed by atoms with Crippen molar-refractivity contribution >= 4 is 56.8 Å². The van der Waals surface area contributed by atoms with Crippen molar-refractivity contribution in [1.82, 2.24) is 4.90 Å². The molecule has 2 aromatic rings. The highest BCUT2D eigenvalue weighted by atomic mass is 79.9. The number of nitrogens with one attached hydrogen (secondary N) is 1. The predicted octanol–water partition coefficient (Wildman–Crippen LogP) is 4.93. The molecule has 0 radical (unpaired) electrons. The molecule has 0 heterocycles. The molecule has 0 fully saturated rings. The van der Waals surface area contributed by atoms with Crippen LogP contribution in [0, 0.1) is 0 Å². The number of carbonyl (C=O) groups excluding carboxylic acids is 2. The Bertz CT molecular complexity index is 766. The van der Waals surface area contributed by atoms with Gasteiger partial charge in [-0.15, -0.1) is 11.8 Å². The number of anilines is 1. The van der Waals surface area contributed by atoms with Gasteiger partial charge < -0.3 is 10.2 Å². The molecule has 1 N–H and O–H groups in total. The summed E-state index contributed by atoms with van der Waals surface area (Å²) in [4.78, 5) is 26.6. The molecular weight excluding hydrogens is 424 g/mol. The monoisotopic (exact) mass is 440 g/mol. The van der Waals surface area contributed by atoms with Gasteiger partial charge in [-0.05, 0) is 42.5 Å². The molecule has 7 heteroatoms. The molecule has 0 aliphatic heterocycles. The minimum atomic E-state index is -0.172. The Hall–Kier alpha value is -1.50. The molecule has 0 spiro atoms. The molecule has 0 saturated heterocycles. The predicted molar refractivity (Wildman–Crippen MR) is 108 cm³/mol. The normalized spacial score (nSPS) is 10.4. The van der Waals surface area contributed by atoms with Crippen LogP contribution in [-0.2, 0) is 4.79 Å². The number of nitrogens with zero attached hydrogens (tertiary/aromatic N) is 1. The first-order valence-electron chi connectivity index (χ1n) is 7.56. The molecule has 0 unspecified atom stereocenters.